The maximum absolute atomic E-state index is 12.8. The van der Waals surface area contributed by atoms with Crippen LogP contribution in [0.25, 0.3) is 0 Å². The summed E-state index contributed by atoms with van der Waals surface area (Å²) < 4.78 is 25.6. The monoisotopic (exact) mass is 365 g/mol. The first-order valence-electron chi connectivity index (χ1n) is 7.78. The van der Waals surface area contributed by atoms with Crippen LogP contribution < -0.4 is 4.72 Å². The number of nitrogens with zero attached hydrogens (tertiary/aromatic N) is 2. The number of sulfonamides is 1. The van der Waals surface area contributed by atoms with Crippen LogP contribution >= 0.6 is 11.3 Å². The first-order valence-corrected chi connectivity index (χ1v) is 10.3. The normalized spacial score (nSPS) is 14.4. The van der Waals surface area contributed by atoms with Crippen LogP contribution in [0.3, 0.4) is 0 Å². The molecular formula is C16H19N3O3S2. The molecule has 0 spiro atoms. The van der Waals surface area contributed by atoms with Crippen LogP contribution in [0.1, 0.15) is 35.1 Å². The Morgan fingerprint density at radius 1 is 1.33 bits per heavy atom. The van der Waals surface area contributed by atoms with Gasteiger partial charge in [-0.2, -0.15) is 0 Å². The fourth-order valence-electron chi connectivity index (χ4n) is 2.33. The van der Waals surface area contributed by atoms with Crippen molar-refractivity contribution in [2.75, 3.05) is 10.5 Å². The molecule has 8 heteroatoms. The lowest BCUT2D eigenvalue weighted by Crippen LogP contribution is -2.32. The maximum atomic E-state index is 12.8. The van der Waals surface area contributed by atoms with E-state index in [0.717, 1.165) is 17.8 Å². The average molecular weight is 365 g/mol. The van der Waals surface area contributed by atoms with E-state index in [4.69, 9.17) is 0 Å². The highest BCUT2D eigenvalue weighted by Crippen LogP contribution is 2.30. The molecule has 3 rings (SSSR count). The van der Waals surface area contributed by atoms with Gasteiger partial charge in [-0.15, -0.1) is 11.3 Å². The van der Waals surface area contributed by atoms with Crippen molar-refractivity contribution < 1.29 is 13.2 Å². The number of hydrogen-bond acceptors (Lipinski definition) is 5. The molecule has 1 aliphatic rings. The third kappa shape index (κ3) is 4.12. The minimum Gasteiger partial charge on any atom is -0.329 e. The molecule has 6 nitrogen and oxygen atoms in total. The Kier molecular flexibility index (Phi) is 4.86. The molecule has 128 valence electrons. The number of hydrogen-bond donors (Lipinski definition) is 1. The summed E-state index contributed by atoms with van der Waals surface area (Å²) in [6.45, 7) is 2.09. The lowest BCUT2D eigenvalue weighted by molar-refractivity contribution is 0.0730. The van der Waals surface area contributed by atoms with E-state index in [1.54, 1.807) is 37.4 Å². The van der Waals surface area contributed by atoms with Gasteiger partial charge in [0.05, 0.1) is 12.3 Å². The van der Waals surface area contributed by atoms with E-state index in [1.807, 2.05) is 10.3 Å². The first-order chi connectivity index (χ1) is 11.5. The molecule has 2 aromatic rings. The molecule has 1 aromatic heterocycles. The van der Waals surface area contributed by atoms with Crippen molar-refractivity contribution in [3.8, 4) is 0 Å². The molecule has 1 amide bonds. The predicted octanol–water partition coefficient (Wildman–Crippen LogP) is 2.71. The van der Waals surface area contributed by atoms with E-state index in [0.29, 0.717) is 17.8 Å². The average Bonchev–Trinajstić information content (AvgIpc) is 3.28. The molecule has 0 atom stereocenters. The van der Waals surface area contributed by atoms with Gasteiger partial charge in [0.25, 0.3) is 5.91 Å². The minimum absolute atomic E-state index is 0.0109. The fourth-order valence-corrected chi connectivity index (χ4v) is 3.58. The number of anilines is 1. The van der Waals surface area contributed by atoms with Crippen molar-refractivity contribution in [1.29, 1.82) is 0 Å². The molecule has 24 heavy (non-hydrogen) atoms. The van der Waals surface area contributed by atoms with Crippen molar-refractivity contribution in [3.05, 3.63) is 46.4 Å². The fraction of sp³-hybridized carbons (Fsp3) is 0.375. The summed E-state index contributed by atoms with van der Waals surface area (Å²) in [5.74, 6) is -0.0330. The van der Waals surface area contributed by atoms with Gasteiger partial charge >= 0.3 is 0 Å². The molecule has 0 radical (unpaired) electrons. The van der Waals surface area contributed by atoms with Crippen molar-refractivity contribution in [2.45, 2.75) is 32.4 Å². The lowest BCUT2D eigenvalue weighted by atomic mass is 10.2. The summed E-state index contributed by atoms with van der Waals surface area (Å²) in [6, 6.07) is 6.84. The number of rotatable bonds is 7. The number of amides is 1. The summed E-state index contributed by atoms with van der Waals surface area (Å²) in [7, 11) is -3.31. The third-order valence-electron chi connectivity index (χ3n) is 3.82. The predicted molar refractivity (Wildman–Crippen MR) is 94.5 cm³/mol. The number of carbonyl (C=O) groups excluding carboxylic acids is 1. The summed E-state index contributed by atoms with van der Waals surface area (Å²) in [6.07, 6.45) is 3.78. The zero-order valence-electron chi connectivity index (χ0n) is 13.3. The van der Waals surface area contributed by atoms with Crippen LogP contribution in [-0.2, 0) is 16.6 Å². The Labute approximate surface area is 145 Å². The SMILES string of the molecule is CCS(=O)(=O)Nc1ccc(C(=O)N(Cc2nccs2)C2CC2)cc1. The van der Waals surface area contributed by atoms with Gasteiger partial charge in [-0.1, -0.05) is 0 Å². The first kappa shape index (κ1) is 16.9. The third-order valence-corrected chi connectivity index (χ3v) is 5.89. The largest absolute Gasteiger partial charge is 0.329 e. The molecule has 0 aliphatic heterocycles. The van der Waals surface area contributed by atoms with E-state index in [9.17, 15) is 13.2 Å². The molecule has 1 N–H and O–H groups in total. The highest BCUT2D eigenvalue weighted by molar-refractivity contribution is 7.92. The molecule has 1 heterocycles. The van der Waals surface area contributed by atoms with Gasteiger partial charge in [-0.05, 0) is 44.0 Å². The van der Waals surface area contributed by atoms with Gasteiger partial charge in [0.15, 0.2) is 0 Å². The maximum Gasteiger partial charge on any atom is 0.254 e. The Morgan fingerprint density at radius 3 is 2.58 bits per heavy atom. The molecule has 0 bridgehead atoms. The van der Waals surface area contributed by atoms with E-state index in [2.05, 4.69) is 9.71 Å². The quantitative estimate of drug-likeness (QED) is 0.818. The van der Waals surface area contributed by atoms with Gasteiger partial charge in [-0.3, -0.25) is 9.52 Å². The molecule has 1 saturated carbocycles. The molecule has 0 unspecified atom stereocenters. The second-order valence-electron chi connectivity index (χ2n) is 5.67. The van der Waals surface area contributed by atoms with Crippen molar-refractivity contribution in [2.24, 2.45) is 0 Å². The number of thiazole rings is 1. The van der Waals surface area contributed by atoms with Gasteiger partial charge in [0, 0.05) is 28.9 Å². The standard InChI is InChI=1S/C16H19N3O3S2/c1-2-24(21,22)18-13-5-3-12(4-6-13)16(20)19(14-7-8-14)11-15-17-9-10-23-15/h3-6,9-10,14,18H,2,7-8,11H2,1H3. The molecular weight excluding hydrogens is 346 g/mol. The van der Waals surface area contributed by atoms with Crippen LogP contribution in [0, 0.1) is 0 Å². The zero-order chi connectivity index (χ0) is 17.2. The zero-order valence-corrected chi connectivity index (χ0v) is 14.9. The number of nitrogens with one attached hydrogen (secondary N) is 1. The van der Waals surface area contributed by atoms with Gasteiger partial charge in [0.1, 0.15) is 5.01 Å². The summed E-state index contributed by atoms with van der Waals surface area (Å²) in [5.41, 5.74) is 1.02. The van der Waals surface area contributed by atoms with Crippen LogP contribution in [0.2, 0.25) is 0 Å². The highest BCUT2D eigenvalue weighted by Gasteiger charge is 2.33. The van der Waals surface area contributed by atoms with Crippen LogP contribution in [0.15, 0.2) is 35.8 Å². The smallest absolute Gasteiger partial charge is 0.254 e. The van der Waals surface area contributed by atoms with Crippen LogP contribution in [0.5, 0.6) is 0 Å². The van der Waals surface area contributed by atoms with Gasteiger partial charge in [0.2, 0.25) is 10.0 Å². The number of aromatic nitrogens is 1. The van der Waals surface area contributed by atoms with E-state index < -0.39 is 10.0 Å². The summed E-state index contributed by atoms with van der Waals surface area (Å²) >= 11 is 1.54. The second-order valence-corrected chi connectivity index (χ2v) is 8.66. The van der Waals surface area contributed by atoms with E-state index in [1.165, 1.54) is 11.3 Å². The lowest BCUT2D eigenvalue weighted by Gasteiger charge is -2.21. The Bertz CT molecular complexity index is 798. The highest BCUT2D eigenvalue weighted by atomic mass is 32.2. The Balaban J connectivity index is 1.73. The number of benzene rings is 1. The minimum atomic E-state index is -3.31. The Hall–Kier alpha value is -1.93. The van der Waals surface area contributed by atoms with Crippen LogP contribution in [-0.4, -0.2) is 36.0 Å². The van der Waals surface area contributed by atoms with Gasteiger partial charge < -0.3 is 4.90 Å². The molecule has 1 aliphatic carbocycles. The topological polar surface area (TPSA) is 79.4 Å². The van der Waals surface area contributed by atoms with E-state index >= 15 is 0 Å². The van der Waals surface area contributed by atoms with Crippen LogP contribution in [0.4, 0.5) is 5.69 Å². The summed E-state index contributed by atoms with van der Waals surface area (Å²) in [4.78, 5) is 18.9. The van der Waals surface area contributed by atoms with Crippen molar-refractivity contribution in [3.63, 3.8) is 0 Å². The van der Waals surface area contributed by atoms with Gasteiger partial charge in [-0.25, -0.2) is 13.4 Å². The molecule has 0 saturated heterocycles. The number of carbonyl (C=O) groups is 1. The van der Waals surface area contributed by atoms with Crippen molar-refractivity contribution >= 4 is 33.0 Å². The molecule has 1 fully saturated rings. The Morgan fingerprint density at radius 2 is 2.04 bits per heavy atom. The van der Waals surface area contributed by atoms with E-state index in [-0.39, 0.29) is 17.7 Å². The van der Waals surface area contributed by atoms with Crippen molar-refractivity contribution in [1.82, 2.24) is 9.88 Å². The second kappa shape index (κ2) is 6.90. The molecule has 1 aromatic carbocycles. The summed E-state index contributed by atoms with van der Waals surface area (Å²) in [5, 5.41) is 2.82.